The van der Waals surface area contributed by atoms with Crippen molar-refractivity contribution < 1.29 is 24.5 Å². The topological polar surface area (TPSA) is 76.0 Å². The number of carboxylic acid groups (broad SMARTS) is 1. The highest BCUT2D eigenvalue weighted by molar-refractivity contribution is 5.49. The molecular weight excluding hydrogens is 188 g/mol. The maximum absolute atomic E-state index is 9.34. The van der Waals surface area contributed by atoms with Gasteiger partial charge in [0.05, 0.1) is 14.2 Å². The Kier molecular flexibility index (Phi) is 5.69. The summed E-state index contributed by atoms with van der Waals surface area (Å²) in [6.45, 7) is -0.250. The van der Waals surface area contributed by atoms with Gasteiger partial charge in [0.15, 0.2) is 11.5 Å². The minimum absolute atomic E-state index is 0.0394. The van der Waals surface area contributed by atoms with Gasteiger partial charge in [-0.25, -0.2) is 0 Å². The third kappa shape index (κ3) is 3.22. The van der Waals surface area contributed by atoms with Crippen LogP contribution < -0.4 is 9.47 Å². The lowest BCUT2D eigenvalue weighted by Crippen LogP contribution is -1.87. The summed E-state index contributed by atoms with van der Waals surface area (Å²) in [6, 6.07) is 5.08. The first-order chi connectivity index (χ1) is 6.71. The number of rotatable bonds is 2. The Bertz CT molecular complexity index is 262. The summed E-state index contributed by atoms with van der Waals surface area (Å²) in [5, 5.41) is 16.2. The van der Waals surface area contributed by atoms with E-state index in [1.807, 2.05) is 0 Å². The van der Waals surface area contributed by atoms with Crippen molar-refractivity contribution in [3.63, 3.8) is 0 Å². The van der Waals surface area contributed by atoms with Gasteiger partial charge in [0.25, 0.3) is 6.47 Å². The van der Waals surface area contributed by atoms with Crippen molar-refractivity contribution in [1.82, 2.24) is 0 Å². The Hall–Kier alpha value is -1.91. The van der Waals surface area contributed by atoms with E-state index in [2.05, 4.69) is 0 Å². The van der Waals surface area contributed by atoms with E-state index < -0.39 is 0 Å². The molecule has 0 aliphatic heterocycles. The van der Waals surface area contributed by atoms with Gasteiger partial charge in [-0.3, -0.25) is 4.79 Å². The number of hydrogen-bond donors (Lipinski definition) is 2. The molecule has 0 saturated heterocycles. The smallest absolute Gasteiger partial charge is 0.290 e. The molecule has 0 fully saturated rings. The highest BCUT2D eigenvalue weighted by atomic mass is 16.5. The third-order valence-corrected chi connectivity index (χ3v) is 1.40. The molecule has 1 rings (SSSR count). The zero-order valence-electron chi connectivity index (χ0n) is 7.93. The van der Waals surface area contributed by atoms with Crippen molar-refractivity contribution in [3.05, 3.63) is 18.2 Å². The van der Waals surface area contributed by atoms with E-state index in [4.69, 9.17) is 19.4 Å². The fourth-order valence-electron chi connectivity index (χ4n) is 0.832. The summed E-state index contributed by atoms with van der Waals surface area (Å²) in [7, 11) is 2.99. The molecule has 0 saturated carbocycles. The first kappa shape index (κ1) is 12.1. The van der Waals surface area contributed by atoms with Crippen LogP contribution in [-0.4, -0.2) is 30.9 Å². The normalized spacial score (nSPS) is 8.14. The summed E-state index contributed by atoms with van der Waals surface area (Å²) in [6.07, 6.45) is 0. The van der Waals surface area contributed by atoms with Crippen LogP contribution in [0.3, 0.4) is 0 Å². The van der Waals surface area contributed by atoms with E-state index in [-0.39, 0.29) is 12.2 Å². The predicted molar refractivity (Wildman–Crippen MR) is 49.9 cm³/mol. The van der Waals surface area contributed by atoms with Crippen molar-refractivity contribution in [1.29, 1.82) is 0 Å². The zero-order valence-corrected chi connectivity index (χ0v) is 7.93. The predicted octanol–water partition coefficient (Wildman–Crippen LogP) is 1.11. The van der Waals surface area contributed by atoms with Gasteiger partial charge in [0.2, 0.25) is 5.75 Å². The van der Waals surface area contributed by atoms with E-state index in [9.17, 15) is 5.11 Å². The lowest BCUT2D eigenvalue weighted by molar-refractivity contribution is -0.122. The molecule has 0 aliphatic carbocycles. The first-order valence-electron chi connectivity index (χ1n) is 3.69. The molecule has 0 aromatic heterocycles. The van der Waals surface area contributed by atoms with Gasteiger partial charge in [-0.2, -0.15) is 0 Å². The molecule has 0 bridgehead atoms. The molecule has 0 radical (unpaired) electrons. The van der Waals surface area contributed by atoms with Crippen molar-refractivity contribution in [2.24, 2.45) is 0 Å². The second kappa shape index (κ2) is 6.59. The Morgan fingerprint density at radius 3 is 1.86 bits per heavy atom. The Morgan fingerprint density at radius 2 is 1.57 bits per heavy atom. The second-order valence-corrected chi connectivity index (χ2v) is 2.12. The quantitative estimate of drug-likeness (QED) is 0.699. The highest BCUT2D eigenvalue weighted by Gasteiger charge is 2.05. The summed E-state index contributed by atoms with van der Waals surface area (Å²) in [5.74, 6) is 0.881. The highest BCUT2D eigenvalue weighted by Crippen LogP contribution is 2.34. The molecule has 0 aliphatic rings. The monoisotopic (exact) mass is 200 g/mol. The number of aromatic hydroxyl groups is 1. The van der Waals surface area contributed by atoms with Gasteiger partial charge in [0, 0.05) is 0 Å². The van der Waals surface area contributed by atoms with Gasteiger partial charge in [-0.05, 0) is 12.1 Å². The van der Waals surface area contributed by atoms with Crippen LogP contribution in [0.5, 0.6) is 17.2 Å². The third-order valence-electron chi connectivity index (χ3n) is 1.40. The van der Waals surface area contributed by atoms with Crippen LogP contribution in [0.4, 0.5) is 0 Å². The second-order valence-electron chi connectivity index (χ2n) is 2.12. The maximum atomic E-state index is 9.34. The average Bonchev–Trinajstić information content (AvgIpc) is 2.19. The van der Waals surface area contributed by atoms with Crippen LogP contribution in [0.2, 0.25) is 0 Å². The van der Waals surface area contributed by atoms with Crippen LogP contribution in [-0.2, 0) is 4.79 Å². The molecule has 0 atom stereocenters. The molecule has 0 unspecified atom stereocenters. The van der Waals surface area contributed by atoms with Crippen LogP contribution in [0, 0.1) is 0 Å². The van der Waals surface area contributed by atoms with E-state index in [0.717, 1.165) is 0 Å². The van der Waals surface area contributed by atoms with Gasteiger partial charge in [-0.1, -0.05) is 6.07 Å². The number of phenolic OH excluding ortho intramolecular Hbond substituents is 1. The number of phenols is 1. The Balaban J connectivity index is 0.000000500. The van der Waals surface area contributed by atoms with Crippen LogP contribution in [0.1, 0.15) is 0 Å². The van der Waals surface area contributed by atoms with Crippen molar-refractivity contribution in [2.45, 2.75) is 0 Å². The summed E-state index contributed by atoms with van der Waals surface area (Å²) < 4.78 is 9.71. The van der Waals surface area contributed by atoms with Crippen molar-refractivity contribution >= 4 is 6.47 Å². The number of benzene rings is 1. The number of ether oxygens (including phenoxy) is 2. The molecule has 0 amide bonds. The summed E-state index contributed by atoms with van der Waals surface area (Å²) >= 11 is 0. The molecule has 14 heavy (non-hydrogen) atoms. The number of hydrogen-bond acceptors (Lipinski definition) is 4. The molecule has 2 N–H and O–H groups in total. The van der Waals surface area contributed by atoms with E-state index >= 15 is 0 Å². The van der Waals surface area contributed by atoms with Crippen LogP contribution in [0.25, 0.3) is 0 Å². The lowest BCUT2D eigenvalue weighted by Gasteiger charge is -2.06. The van der Waals surface area contributed by atoms with Gasteiger partial charge in [-0.15, -0.1) is 0 Å². The minimum Gasteiger partial charge on any atom is -0.502 e. The zero-order chi connectivity index (χ0) is 11.0. The molecule has 5 nitrogen and oxygen atoms in total. The average molecular weight is 200 g/mol. The van der Waals surface area contributed by atoms with E-state index in [1.54, 1.807) is 18.2 Å². The fourth-order valence-corrected chi connectivity index (χ4v) is 0.832. The van der Waals surface area contributed by atoms with Gasteiger partial charge < -0.3 is 19.7 Å². The lowest BCUT2D eigenvalue weighted by atomic mass is 10.3. The molecule has 1 aromatic rings. The summed E-state index contributed by atoms with van der Waals surface area (Å²) in [5.41, 5.74) is 0. The fraction of sp³-hybridized carbons (Fsp3) is 0.222. The molecule has 0 spiro atoms. The van der Waals surface area contributed by atoms with E-state index in [0.29, 0.717) is 11.5 Å². The number of para-hydroxylation sites is 1. The Morgan fingerprint density at radius 1 is 1.21 bits per heavy atom. The van der Waals surface area contributed by atoms with Gasteiger partial charge in [0.1, 0.15) is 0 Å². The molecule has 1 aromatic carbocycles. The summed E-state index contributed by atoms with van der Waals surface area (Å²) in [4.78, 5) is 8.36. The first-order valence-corrected chi connectivity index (χ1v) is 3.69. The maximum Gasteiger partial charge on any atom is 0.290 e. The molecular formula is C9H12O5. The largest absolute Gasteiger partial charge is 0.502 e. The Labute approximate surface area is 81.5 Å². The molecule has 5 heteroatoms. The number of carbonyl (C=O) groups is 1. The van der Waals surface area contributed by atoms with Gasteiger partial charge >= 0.3 is 0 Å². The van der Waals surface area contributed by atoms with Crippen molar-refractivity contribution in [2.75, 3.05) is 14.2 Å². The SMILES string of the molecule is COc1cccc(OC)c1O.O=CO. The van der Waals surface area contributed by atoms with E-state index in [1.165, 1.54) is 14.2 Å². The van der Waals surface area contributed by atoms with Crippen LogP contribution >= 0.6 is 0 Å². The standard InChI is InChI=1S/C8H10O3.CH2O2/c1-10-6-4-3-5-7(11-2)8(6)9;2-1-3/h3-5,9H,1-2H3;1H,(H,2,3). The minimum atomic E-state index is -0.250. The molecule has 0 heterocycles. The molecule has 78 valence electrons. The van der Waals surface area contributed by atoms with Crippen molar-refractivity contribution in [3.8, 4) is 17.2 Å². The van der Waals surface area contributed by atoms with Crippen LogP contribution in [0.15, 0.2) is 18.2 Å². The number of methoxy groups -OCH3 is 2.